The summed E-state index contributed by atoms with van der Waals surface area (Å²) in [5.41, 5.74) is 9.91. The van der Waals surface area contributed by atoms with Crippen molar-refractivity contribution in [3.05, 3.63) is 71.4 Å². The molecule has 0 spiro atoms. The number of carbonyl (C=O) groups is 4. The normalized spacial score (nSPS) is 21.3. The highest BCUT2D eigenvalue weighted by Gasteiger charge is 2.43. The Labute approximate surface area is 366 Å². The van der Waals surface area contributed by atoms with Crippen LogP contribution in [0.5, 0.6) is 0 Å². The first-order chi connectivity index (χ1) is 30.4. The van der Waals surface area contributed by atoms with E-state index in [-0.39, 0.29) is 35.7 Å². The van der Waals surface area contributed by atoms with Crippen LogP contribution in [0.3, 0.4) is 0 Å². The molecule has 2 saturated heterocycles. The molecule has 3 aromatic heterocycles. The number of hydrogen-bond donors (Lipinski definition) is 4. The van der Waals surface area contributed by atoms with Crippen molar-refractivity contribution in [1.82, 2.24) is 50.6 Å². The van der Waals surface area contributed by atoms with Crippen molar-refractivity contribution in [3.63, 3.8) is 0 Å². The molecule has 63 heavy (non-hydrogen) atoms. The SMILES string of the molecule is COC(=O)N[C@H](C(=O)N1CCC[C@H]1c1ncc(-c2ccc(-c3nnc(-c4ccc5[nH]c([C@@H]6CCCN6C(=O)[C@@H](NC(=O)OC)C(C)C)nc5c4)c4c3C3CCC4C3)cc2)[nH]1)C(C)C. The first kappa shape index (κ1) is 42.0. The molecule has 9 rings (SSSR count). The summed E-state index contributed by atoms with van der Waals surface area (Å²) in [6, 6.07) is 12.7. The molecule has 0 radical (unpaired) electrons. The zero-order valence-electron chi connectivity index (χ0n) is 36.7. The van der Waals surface area contributed by atoms with Crippen molar-refractivity contribution in [3.8, 4) is 33.8 Å². The number of hydrogen-bond acceptors (Lipinski definition) is 10. The number of aromatic nitrogens is 6. The molecule has 5 heterocycles. The van der Waals surface area contributed by atoms with E-state index >= 15 is 0 Å². The summed E-state index contributed by atoms with van der Waals surface area (Å²) < 4.78 is 9.59. The monoisotopic (exact) mass is 856 g/mol. The van der Waals surface area contributed by atoms with Gasteiger partial charge in [0.1, 0.15) is 23.7 Å². The molecule has 2 bridgehead atoms. The fourth-order valence-corrected chi connectivity index (χ4v) is 10.4. The summed E-state index contributed by atoms with van der Waals surface area (Å²) in [6.07, 6.45) is 7.16. The van der Waals surface area contributed by atoms with Crippen LogP contribution >= 0.6 is 0 Å². The second kappa shape index (κ2) is 17.1. The van der Waals surface area contributed by atoms with Crippen LogP contribution in [0.15, 0.2) is 48.7 Å². The summed E-state index contributed by atoms with van der Waals surface area (Å²) in [6.45, 7) is 8.81. The number of H-pyrrole nitrogens is 2. The molecule has 6 atom stereocenters. The zero-order chi connectivity index (χ0) is 44.1. The number of ether oxygens (including phenoxy) is 2. The number of rotatable bonds is 11. The van der Waals surface area contributed by atoms with E-state index in [1.54, 1.807) is 0 Å². The minimum absolute atomic E-state index is 0.112. The van der Waals surface area contributed by atoms with E-state index in [0.717, 1.165) is 101 Å². The average molecular weight is 857 g/mol. The van der Waals surface area contributed by atoms with Gasteiger partial charge in [-0.1, -0.05) is 58.0 Å². The van der Waals surface area contributed by atoms with E-state index in [0.29, 0.717) is 24.9 Å². The average Bonchev–Trinajstić information content (AvgIpc) is 4.16. The van der Waals surface area contributed by atoms with Crippen molar-refractivity contribution in [2.24, 2.45) is 11.8 Å². The van der Waals surface area contributed by atoms with Gasteiger partial charge in [0, 0.05) is 24.2 Å². The van der Waals surface area contributed by atoms with Crippen LogP contribution in [0.2, 0.25) is 0 Å². The number of carbonyl (C=O) groups excluding carboxylic acids is 4. The minimum atomic E-state index is -0.702. The summed E-state index contributed by atoms with van der Waals surface area (Å²) in [4.78, 5) is 72.0. The third-order valence-electron chi connectivity index (χ3n) is 13.6. The number of likely N-dealkylation sites (tertiary alicyclic amines) is 2. The van der Waals surface area contributed by atoms with Crippen molar-refractivity contribution >= 4 is 35.0 Å². The van der Waals surface area contributed by atoms with Gasteiger partial charge in [-0.05, 0) is 97.4 Å². The molecule has 4 aliphatic rings. The van der Waals surface area contributed by atoms with E-state index in [2.05, 4.69) is 57.0 Å². The molecule has 2 aliphatic carbocycles. The van der Waals surface area contributed by atoms with Crippen LogP contribution in [0.1, 0.15) is 119 Å². The van der Waals surface area contributed by atoms with Gasteiger partial charge in [-0.15, -0.1) is 10.2 Å². The third kappa shape index (κ3) is 7.77. The molecule has 16 nitrogen and oxygen atoms in total. The maximum atomic E-state index is 13.8. The standard InChI is InChI=1S/C47H56N10O6/c1-24(2)38(52-46(60)62-5)44(58)56-19-7-9-34(56)42-48-23-33(51-42)26-11-13-27(14-12-26)40-36-28-15-16-29(21-28)37(36)41(55-54-40)30-17-18-31-32(22-30)50-43(49-31)35-10-8-20-57(35)45(59)39(25(3)4)53-47(61)63-6/h11-14,17-18,22-25,28-29,34-35,38-39H,7-10,15-16,19-21H2,1-6H3,(H,48,51)(H,49,50)(H,52,60)(H,53,61)/t28?,29?,34-,35-,38-,39-/m0/s1. The fraction of sp³-hybridized carbons (Fsp3) is 0.489. The quantitative estimate of drug-likeness (QED) is 0.103. The van der Waals surface area contributed by atoms with E-state index < -0.39 is 24.3 Å². The predicted molar refractivity (Wildman–Crippen MR) is 235 cm³/mol. The van der Waals surface area contributed by atoms with E-state index in [4.69, 9.17) is 29.6 Å². The van der Waals surface area contributed by atoms with E-state index in [1.165, 1.54) is 25.3 Å². The second-order valence-corrected chi connectivity index (χ2v) is 18.1. The summed E-state index contributed by atoms with van der Waals surface area (Å²) in [7, 11) is 2.59. The Balaban J connectivity index is 0.949. The van der Waals surface area contributed by atoms with Crippen LogP contribution in [-0.2, 0) is 19.1 Å². The highest BCUT2D eigenvalue weighted by atomic mass is 16.5. The molecule has 5 aromatic rings. The Morgan fingerprint density at radius 3 is 1.76 bits per heavy atom. The lowest BCUT2D eigenvalue weighted by molar-refractivity contribution is -0.136. The lowest BCUT2D eigenvalue weighted by Crippen LogP contribution is -2.51. The Morgan fingerprint density at radius 2 is 1.21 bits per heavy atom. The molecule has 16 heteroatoms. The maximum absolute atomic E-state index is 13.8. The number of methoxy groups -OCH3 is 2. The first-order valence-corrected chi connectivity index (χ1v) is 22.3. The Kier molecular flexibility index (Phi) is 11.4. The molecule has 1 saturated carbocycles. The van der Waals surface area contributed by atoms with Crippen molar-refractivity contribution < 1.29 is 28.7 Å². The van der Waals surface area contributed by atoms with Gasteiger partial charge in [-0.3, -0.25) is 9.59 Å². The number of fused-ring (bicyclic) bond motifs is 6. The highest BCUT2D eigenvalue weighted by molar-refractivity contribution is 5.88. The van der Waals surface area contributed by atoms with Crippen LogP contribution < -0.4 is 10.6 Å². The molecule has 2 aliphatic heterocycles. The van der Waals surface area contributed by atoms with Crippen LogP contribution in [0, 0.1) is 11.8 Å². The van der Waals surface area contributed by atoms with Crippen molar-refractivity contribution in [2.45, 2.75) is 109 Å². The van der Waals surface area contributed by atoms with Gasteiger partial charge >= 0.3 is 12.2 Å². The Hall–Kier alpha value is -6.32. The van der Waals surface area contributed by atoms with Gasteiger partial charge in [0.15, 0.2) is 0 Å². The zero-order valence-corrected chi connectivity index (χ0v) is 36.7. The smallest absolute Gasteiger partial charge is 0.407 e. The topological polar surface area (TPSA) is 200 Å². The van der Waals surface area contributed by atoms with Gasteiger partial charge in [0.25, 0.3) is 0 Å². The number of imidazole rings is 2. The minimum Gasteiger partial charge on any atom is -0.453 e. The van der Waals surface area contributed by atoms with Crippen molar-refractivity contribution in [1.29, 1.82) is 0 Å². The first-order valence-electron chi connectivity index (χ1n) is 22.3. The van der Waals surface area contributed by atoms with E-state index in [1.807, 2.05) is 49.8 Å². The number of benzene rings is 2. The Morgan fingerprint density at radius 1 is 0.683 bits per heavy atom. The molecular formula is C47H56N10O6. The molecule has 2 unspecified atom stereocenters. The van der Waals surface area contributed by atoms with Gasteiger partial charge in [0.2, 0.25) is 11.8 Å². The lowest BCUT2D eigenvalue weighted by Gasteiger charge is -2.30. The lowest BCUT2D eigenvalue weighted by atomic mass is 9.86. The number of aromatic amines is 2. The molecule has 330 valence electrons. The summed E-state index contributed by atoms with van der Waals surface area (Å²) in [5, 5.41) is 15.3. The summed E-state index contributed by atoms with van der Waals surface area (Å²) >= 11 is 0. The number of amides is 4. The van der Waals surface area contributed by atoms with Gasteiger partial charge in [-0.2, -0.15) is 0 Å². The Bertz CT molecular complexity index is 2550. The van der Waals surface area contributed by atoms with Crippen LogP contribution in [-0.4, -0.2) is 103 Å². The second-order valence-electron chi connectivity index (χ2n) is 18.1. The van der Waals surface area contributed by atoms with Crippen LogP contribution in [0.25, 0.3) is 44.8 Å². The molecule has 3 fully saturated rings. The fourth-order valence-electron chi connectivity index (χ4n) is 10.4. The van der Waals surface area contributed by atoms with E-state index in [9.17, 15) is 19.2 Å². The van der Waals surface area contributed by atoms with Crippen molar-refractivity contribution in [2.75, 3.05) is 27.3 Å². The molecule has 4 amide bonds. The summed E-state index contributed by atoms with van der Waals surface area (Å²) in [5.74, 6) is 1.79. The molecule has 2 aromatic carbocycles. The van der Waals surface area contributed by atoms with Gasteiger partial charge in [0.05, 0.1) is 60.6 Å². The maximum Gasteiger partial charge on any atom is 0.407 e. The largest absolute Gasteiger partial charge is 0.453 e. The van der Waals surface area contributed by atoms with Crippen LogP contribution in [0.4, 0.5) is 9.59 Å². The predicted octanol–water partition coefficient (Wildman–Crippen LogP) is 7.53. The number of nitrogens with one attached hydrogen (secondary N) is 4. The highest BCUT2D eigenvalue weighted by Crippen LogP contribution is 2.57. The molecule has 4 N–H and O–H groups in total. The number of alkyl carbamates (subject to hydrolysis) is 2. The van der Waals surface area contributed by atoms with Gasteiger partial charge in [-0.25, -0.2) is 19.6 Å². The third-order valence-corrected chi connectivity index (χ3v) is 13.6. The van der Waals surface area contributed by atoms with Gasteiger partial charge < -0.3 is 39.9 Å². The number of nitrogens with zero attached hydrogens (tertiary/aromatic N) is 6. The molecular weight excluding hydrogens is 801 g/mol.